The van der Waals surface area contributed by atoms with Crippen molar-refractivity contribution in [2.24, 2.45) is 7.05 Å². The molecule has 2 atom stereocenters. The number of methoxy groups -OCH3 is 1. The van der Waals surface area contributed by atoms with E-state index in [4.69, 9.17) is 9.47 Å². The van der Waals surface area contributed by atoms with Gasteiger partial charge in [-0.05, 0) is 34.2 Å². The molecule has 2 rings (SSSR count). The number of ether oxygens (including phenoxy) is 2. The van der Waals surface area contributed by atoms with Crippen molar-refractivity contribution in [2.45, 2.75) is 51.5 Å². The van der Waals surface area contributed by atoms with Gasteiger partial charge in [-0.15, -0.1) is 0 Å². The third-order valence-corrected chi connectivity index (χ3v) is 4.07. The van der Waals surface area contributed by atoms with E-state index in [0.29, 0.717) is 6.54 Å². The number of carbonyl (C=O) groups excluding carboxylic acids is 1. The van der Waals surface area contributed by atoms with Crippen LogP contribution in [0.5, 0.6) is 0 Å². The molecule has 0 aromatic carbocycles. The molecule has 7 nitrogen and oxygen atoms in total. The SMILES string of the molecule is CO[C@@H]1C[C@H](CN(C)Cc2cnn(C)c2)N(C(=O)OC(C)(C)C)C1. The number of nitrogens with zero attached hydrogens (tertiary/aromatic N) is 4. The van der Waals surface area contributed by atoms with Crippen LogP contribution in [0.25, 0.3) is 0 Å². The van der Waals surface area contributed by atoms with E-state index >= 15 is 0 Å². The lowest BCUT2D eigenvalue weighted by Crippen LogP contribution is -2.44. The summed E-state index contributed by atoms with van der Waals surface area (Å²) in [6.07, 6.45) is 4.51. The van der Waals surface area contributed by atoms with Crippen LogP contribution in [0.2, 0.25) is 0 Å². The first kappa shape index (κ1) is 18.7. The lowest BCUT2D eigenvalue weighted by molar-refractivity contribution is 0.0176. The Labute approximate surface area is 144 Å². The number of carbonyl (C=O) groups is 1. The molecule has 0 radical (unpaired) electrons. The third-order valence-electron chi connectivity index (χ3n) is 4.07. The fraction of sp³-hybridized carbons (Fsp3) is 0.765. The van der Waals surface area contributed by atoms with Gasteiger partial charge in [0.05, 0.1) is 24.9 Å². The number of rotatable bonds is 5. The topological polar surface area (TPSA) is 59.8 Å². The number of aryl methyl sites for hydroxylation is 1. The molecule has 0 bridgehead atoms. The minimum Gasteiger partial charge on any atom is -0.444 e. The molecule has 7 heteroatoms. The van der Waals surface area contributed by atoms with E-state index in [1.54, 1.807) is 16.7 Å². The van der Waals surface area contributed by atoms with Gasteiger partial charge in [0.2, 0.25) is 0 Å². The Hall–Kier alpha value is -1.60. The number of hydrogen-bond acceptors (Lipinski definition) is 5. The lowest BCUT2D eigenvalue weighted by Gasteiger charge is -2.30. The summed E-state index contributed by atoms with van der Waals surface area (Å²) in [5.74, 6) is 0. The van der Waals surface area contributed by atoms with Crippen molar-refractivity contribution in [3.63, 3.8) is 0 Å². The molecule has 0 saturated carbocycles. The van der Waals surface area contributed by atoms with Crippen LogP contribution in [0.3, 0.4) is 0 Å². The van der Waals surface area contributed by atoms with E-state index in [9.17, 15) is 4.79 Å². The second kappa shape index (κ2) is 7.53. The van der Waals surface area contributed by atoms with E-state index < -0.39 is 5.60 Å². The van der Waals surface area contributed by atoms with Gasteiger partial charge in [0.15, 0.2) is 0 Å². The molecule has 0 aliphatic carbocycles. The zero-order chi connectivity index (χ0) is 17.9. The number of likely N-dealkylation sites (N-methyl/N-ethyl adjacent to an activating group) is 1. The maximum absolute atomic E-state index is 12.5. The predicted octanol–water partition coefficient (Wildman–Crippen LogP) is 1.88. The molecule has 2 heterocycles. The molecule has 1 saturated heterocycles. The molecule has 1 fully saturated rings. The first-order chi connectivity index (χ1) is 11.2. The van der Waals surface area contributed by atoms with Crippen LogP contribution in [-0.2, 0) is 23.1 Å². The first-order valence-corrected chi connectivity index (χ1v) is 8.36. The minimum absolute atomic E-state index is 0.0642. The first-order valence-electron chi connectivity index (χ1n) is 8.36. The normalized spacial score (nSPS) is 21.5. The van der Waals surface area contributed by atoms with Crippen LogP contribution in [0.4, 0.5) is 4.79 Å². The Morgan fingerprint density at radius 1 is 1.46 bits per heavy atom. The van der Waals surface area contributed by atoms with Gasteiger partial charge in [0.1, 0.15) is 5.60 Å². The summed E-state index contributed by atoms with van der Waals surface area (Å²) in [5.41, 5.74) is 0.666. The van der Waals surface area contributed by atoms with Crippen molar-refractivity contribution in [3.8, 4) is 0 Å². The molecular weight excluding hydrogens is 308 g/mol. The van der Waals surface area contributed by atoms with Crippen molar-refractivity contribution < 1.29 is 14.3 Å². The van der Waals surface area contributed by atoms with Gasteiger partial charge >= 0.3 is 6.09 Å². The van der Waals surface area contributed by atoms with Crippen LogP contribution < -0.4 is 0 Å². The Bertz CT molecular complexity index is 552. The molecule has 24 heavy (non-hydrogen) atoms. The van der Waals surface area contributed by atoms with Crippen molar-refractivity contribution in [2.75, 3.05) is 27.2 Å². The van der Waals surface area contributed by atoms with E-state index in [-0.39, 0.29) is 18.2 Å². The number of hydrogen-bond donors (Lipinski definition) is 0. The lowest BCUT2D eigenvalue weighted by atomic mass is 10.2. The third kappa shape index (κ3) is 5.21. The molecular formula is C17H30N4O3. The quantitative estimate of drug-likeness (QED) is 0.820. The number of aromatic nitrogens is 2. The highest BCUT2D eigenvalue weighted by Crippen LogP contribution is 2.23. The van der Waals surface area contributed by atoms with Crippen LogP contribution in [0, 0.1) is 0 Å². The zero-order valence-electron chi connectivity index (χ0n) is 15.7. The maximum atomic E-state index is 12.5. The fourth-order valence-corrected chi connectivity index (χ4v) is 3.05. The number of amides is 1. The average Bonchev–Trinajstić information content (AvgIpc) is 3.03. The van der Waals surface area contributed by atoms with Crippen LogP contribution >= 0.6 is 0 Å². The zero-order valence-corrected chi connectivity index (χ0v) is 15.7. The largest absolute Gasteiger partial charge is 0.444 e. The summed E-state index contributed by atoms with van der Waals surface area (Å²) in [4.78, 5) is 16.5. The summed E-state index contributed by atoms with van der Waals surface area (Å²) in [6.45, 7) is 7.81. The molecule has 1 aliphatic heterocycles. The van der Waals surface area contributed by atoms with Gasteiger partial charge in [-0.2, -0.15) is 5.10 Å². The Morgan fingerprint density at radius 2 is 2.17 bits per heavy atom. The number of likely N-dealkylation sites (tertiary alicyclic amines) is 1. The Balaban J connectivity index is 1.98. The monoisotopic (exact) mass is 338 g/mol. The van der Waals surface area contributed by atoms with Gasteiger partial charge in [0, 0.05) is 39.0 Å². The summed E-state index contributed by atoms with van der Waals surface area (Å²) >= 11 is 0. The second-order valence-electron chi connectivity index (χ2n) is 7.60. The average molecular weight is 338 g/mol. The van der Waals surface area contributed by atoms with Gasteiger partial charge in [-0.3, -0.25) is 9.58 Å². The highest BCUT2D eigenvalue weighted by Gasteiger charge is 2.38. The van der Waals surface area contributed by atoms with Crippen LogP contribution in [0.15, 0.2) is 12.4 Å². The molecule has 1 aliphatic rings. The highest BCUT2D eigenvalue weighted by molar-refractivity contribution is 5.69. The van der Waals surface area contributed by atoms with Crippen molar-refractivity contribution >= 4 is 6.09 Å². The van der Waals surface area contributed by atoms with E-state index in [2.05, 4.69) is 17.0 Å². The van der Waals surface area contributed by atoms with Crippen molar-refractivity contribution in [1.82, 2.24) is 19.6 Å². The maximum Gasteiger partial charge on any atom is 0.410 e. The van der Waals surface area contributed by atoms with Gasteiger partial charge in [-0.1, -0.05) is 0 Å². The summed E-state index contributed by atoms with van der Waals surface area (Å²) in [7, 11) is 5.66. The van der Waals surface area contributed by atoms with Gasteiger partial charge < -0.3 is 14.4 Å². The Morgan fingerprint density at radius 3 is 2.71 bits per heavy atom. The molecule has 0 N–H and O–H groups in total. The standard InChI is InChI=1S/C17H30N4O3/c1-17(2,3)24-16(22)21-12-15(23-6)7-14(21)11-19(4)9-13-8-18-20(5)10-13/h8,10,14-15H,7,9,11-12H2,1-6H3/t14-,15-/m1/s1. The van der Waals surface area contributed by atoms with E-state index in [0.717, 1.165) is 25.1 Å². The van der Waals surface area contributed by atoms with E-state index in [1.807, 2.05) is 40.2 Å². The van der Waals surface area contributed by atoms with Crippen LogP contribution in [-0.4, -0.2) is 70.7 Å². The molecule has 136 valence electrons. The van der Waals surface area contributed by atoms with Gasteiger partial charge in [0.25, 0.3) is 0 Å². The molecule has 1 aromatic heterocycles. The summed E-state index contributed by atoms with van der Waals surface area (Å²) < 4.78 is 12.8. The van der Waals surface area contributed by atoms with Crippen molar-refractivity contribution in [3.05, 3.63) is 18.0 Å². The molecule has 0 spiro atoms. The van der Waals surface area contributed by atoms with E-state index in [1.165, 1.54) is 0 Å². The molecule has 1 aromatic rings. The minimum atomic E-state index is -0.492. The smallest absolute Gasteiger partial charge is 0.410 e. The fourth-order valence-electron chi connectivity index (χ4n) is 3.05. The highest BCUT2D eigenvalue weighted by atomic mass is 16.6. The summed E-state index contributed by atoms with van der Waals surface area (Å²) in [6, 6.07) is 0.0893. The Kier molecular flexibility index (Phi) is 5.87. The van der Waals surface area contributed by atoms with Crippen LogP contribution in [0.1, 0.15) is 32.8 Å². The second-order valence-corrected chi connectivity index (χ2v) is 7.60. The predicted molar refractivity (Wildman–Crippen MR) is 91.7 cm³/mol. The molecule has 0 unspecified atom stereocenters. The van der Waals surface area contributed by atoms with Gasteiger partial charge in [-0.25, -0.2) is 4.79 Å². The van der Waals surface area contributed by atoms with Crippen molar-refractivity contribution in [1.29, 1.82) is 0 Å². The summed E-state index contributed by atoms with van der Waals surface area (Å²) in [5, 5.41) is 4.20. The molecule has 1 amide bonds.